The highest BCUT2D eigenvalue weighted by Crippen LogP contribution is 2.36. The first-order chi connectivity index (χ1) is 7.77. The predicted molar refractivity (Wildman–Crippen MR) is 69.8 cm³/mol. The van der Waals surface area contributed by atoms with E-state index < -0.39 is 15.4 Å². The Kier molecular flexibility index (Phi) is 4.98. The van der Waals surface area contributed by atoms with Crippen molar-refractivity contribution in [1.82, 2.24) is 5.32 Å². The second-order valence-electron chi connectivity index (χ2n) is 5.53. The summed E-state index contributed by atoms with van der Waals surface area (Å²) in [6.07, 6.45) is 5.17. The third-order valence-corrected chi connectivity index (χ3v) is 5.63. The number of aliphatic hydroxyl groups is 1. The van der Waals surface area contributed by atoms with Crippen LogP contribution in [0.4, 0.5) is 0 Å². The average molecular weight is 263 g/mol. The molecule has 17 heavy (non-hydrogen) atoms. The summed E-state index contributed by atoms with van der Waals surface area (Å²) in [5.41, 5.74) is -0.758. The van der Waals surface area contributed by atoms with Gasteiger partial charge in [0.05, 0.1) is 10.9 Å². The van der Waals surface area contributed by atoms with E-state index in [0.29, 0.717) is 12.8 Å². The van der Waals surface area contributed by atoms with Gasteiger partial charge in [-0.15, -0.1) is 0 Å². The van der Waals surface area contributed by atoms with Crippen LogP contribution in [0.25, 0.3) is 0 Å². The molecule has 0 aromatic rings. The smallest absolute Gasteiger partial charge is 0.150 e. The van der Waals surface area contributed by atoms with Gasteiger partial charge in [0.15, 0.2) is 0 Å². The fraction of sp³-hybridized carbons (Fsp3) is 1.00. The topological polar surface area (TPSA) is 66.4 Å². The molecule has 3 unspecified atom stereocenters. The molecule has 3 atom stereocenters. The predicted octanol–water partition coefficient (Wildman–Crippen LogP) is 0.950. The van der Waals surface area contributed by atoms with E-state index in [4.69, 9.17) is 0 Å². The SMILES string of the molecule is CNCCC(C)(O)C1CCCC(S(C)(=O)=O)C1. The minimum Gasteiger partial charge on any atom is -0.390 e. The Labute approximate surface area is 105 Å². The van der Waals surface area contributed by atoms with Crippen LogP contribution < -0.4 is 5.32 Å². The van der Waals surface area contributed by atoms with Crippen molar-refractivity contribution >= 4 is 9.84 Å². The van der Waals surface area contributed by atoms with Crippen molar-refractivity contribution in [1.29, 1.82) is 0 Å². The van der Waals surface area contributed by atoms with Crippen molar-refractivity contribution in [2.24, 2.45) is 5.92 Å². The molecule has 1 rings (SSSR count). The van der Waals surface area contributed by atoms with E-state index in [9.17, 15) is 13.5 Å². The van der Waals surface area contributed by atoms with Gasteiger partial charge in [-0.1, -0.05) is 6.42 Å². The molecule has 0 aromatic heterocycles. The van der Waals surface area contributed by atoms with E-state index in [1.165, 1.54) is 6.26 Å². The van der Waals surface area contributed by atoms with Gasteiger partial charge in [-0.25, -0.2) is 8.42 Å². The molecule has 102 valence electrons. The fourth-order valence-electron chi connectivity index (χ4n) is 2.68. The Morgan fingerprint density at radius 1 is 1.41 bits per heavy atom. The van der Waals surface area contributed by atoms with Gasteiger partial charge in [0.25, 0.3) is 0 Å². The molecule has 5 heteroatoms. The molecule has 4 nitrogen and oxygen atoms in total. The van der Waals surface area contributed by atoms with E-state index in [-0.39, 0.29) is 11.2 Å². The maximum absolute atomic E-state index is 11.6. The van der Waals surface area contributed by atoms with Gasteiger partial charge >= 0.3 is 0 Å². The molecule has 0 aliphatic heterocycles. The first-order valence-corrected chi connectivity index (χ1v) is 8.28. The highest BCUT2D eigenvalue weighted by molar-refractivity contribution is 7.91. The first kappa shape index (κ1) is 14.9. The molecule has 0 heterocycles. The molecule has 0 aromatic carbocycles. The Hall–Kier alpha value is -0.130. The Morgan fingerprint density at radius 3 is 2.59 bits per heavy atom. The lowest BCUT2D eigenvalue weighted by molar-refractivity contribution is -0.0220. The summed E-state index contributed by atoms with van der Waals surface area (Å²) < 4.78 is 23.2. The zero-order valence-corrected chi connectivity index (χ0v) is 11.9. The third kappa shape index (κ3) is 4.23. The van der Waals surface area contributed by atoms with E-state index in [1.807, 2.05) is 14.0 Å². The van der Waals surface area contributed by atoms with Gasteiger partial charge in [-0.05, 0) is 52.1 Å². The lowest BCUT2D eigenvalue weighted by atomic mass is 9.76. The largest absolute Gasteiger partial charge is 0.390 e. The lowest BCUT2D eigenvalue weighted by Crippen LogP contribution is -2.42. The minimum absolute atomic E-state index is 0.101. The van der Waals surface area contributed by atoms with Crippen LogP contribution in [0.15, 0.2) is 0 Å². The second kappa shape index (κ2) is 5.67. The van der Waals surface area contributed by atoms with Crippen molar-refractivity contribution < 1.29 is 13.5 Å². The van der Waals surface area contributed by atoms with Gasteiger partial charge in [0, 0.05) is 6.26 Å². The van der Waals surface area contributed by atoms with Gasteiger partial charge in [-0.3, -0.25) is 0 Å². The minimum atomic E-state index is -2.97. The van der Waals surface area contributed by atoms with Crippen molar-refractivity contribution in [2.45, 2.75) is 49.9 Å². The van der Waals surface area contributed by atoms with Crippen LogP contribution in [0.2, 0.25) is 0 Å². The van der Waals surface area contributed by atoms with E-state index >= 15 is 0 Å². The fourth-order valence-corrected chi connectivity index (χ4v) is 3.86. The van der Waals surface area contributed by atoms with Crippen LogP contribution in [0.1, 0.15) is 39.0 Å². The number of rotatable bonds is 5. The van der Waals surface area contributed by atoms with Crippen molar-refractivity contribution in [3.63, 3.8) is 0 Å². The molecule has 2 N–H and O–H groups in total. The number of hydrogen-bond acceptors (Lipinski definition) is 4. The molecule has 1 aliphatic rings. The Balaban J connectivity index is 2.66. The van der Waals surface area contributed by atoms with Crippen LogP contribution >= 0.6 is 0 Å². The van der Waals surface area contributed by atoms with Gasteiger partial charge in [0.1, 0.15) is 9.84 Å². The molecule has 0 radical (unpaired) electrons. The molecule has 0 saturated heterocycles. The normalized spacial score (nSPS) is 29.9. The van der Waals surface area contributed by atoms with Crippen LogP contribution in [-0.4, -0.2) is 44.2 Å². The highest BCUT2D eigenvalue weighted by Gasteiger charge is 2.38. The van der Waals surface area contributed by atoms with Crippen molar-refractivity contribution in [3.8, 4) is 0 Å². The molecule has 1 saturated carbocycles. The monoisotopic (exact) mass is 263 g/mol. The summed E-state index contributed by atoms with van der Waals surface area (Å²) in [6, 6.07) is 0. The zero-order valence-electron chi connectivity index (χ0n) is 11.1. The number of nitrogens with one attached hydrogen (secondary N) is 1. The number of sulfone groups is 1. The van der Waals surface area contributed by atoms with Gasteiger partial charge in [0.2, 0.25) is 0 Å². The van der Waals surface area contributed by atoms with Crippen molar-refractivity contribution in [2.75, 3.05) is 19.8 Å². The van der Waals surface area contributed by atoms with Crippen molar-refractivity contribution in [3.05, 3.63) is 0 Å². The molecular weight excluding hydrogens is 238 g/mol. The van der Waals surface area contributed by atoms with E-state index in [0.717, 1.165) is 25.8 Å². The zero-order chi connectivity index (χ0) is 13.1. The Morgan fingerprint density at radius 2 is 2.06 bits per heavy atom. The summed E-state index contributed by atoms with van der Waals surface area (Å²) in [4.78, 5) is 0. The van der Waals surface area contributed by atoms with E-state index in [2.05, 4.69) is 5.32 Å². The summed E-state index contributed by atoms with van der Waals surface area (Å²) in [5.74, 6) is 0.101. The Bertz CT molecular complexity index is 338. The average Bonchev–Trinajstić information content (AvgIpc) is 2.25. The van der Waals surface area contributed by atoms with Gasteiger partial charge < -0.3 is 10.4 Å². The van der Waals surface area contributed by atoms with Crippen LogP contribution in [0.5, 0.6) is 0 Å². The van der Waals surface area contributed by atoms with Crippen LogP contribution in [0.3, 0.4) is 0 Å². The van der Waals surface area contributed by atoms with Gasteiger partial charge in [-0.2, -0.15) is 0 Å². The molecule has 1 fully saturated rings. The van der Waals surface area contributed by atoms with Crippen LogP contribution in [0, 0.1) is 5.92 Å². The maximum Gasteiger partial charge on any atom is 0.150 e. The summed E-state index contributed by atoms with van der Waals surface area (Å²) in [7, 11) is -1.11. The van der Waals surface area contributed by atoms with E-state index in [1.54, 1.807) is 0 Å². The standard InChI is InChI=1S/C12H25NO3S/c1-12(14,7-8-13-2)10-5-4-6-11(9-10)17(3,15)16/h10-11,13-14H,4-9H2,1-3H3. The molecule has 0 bridgehead atoms. The summed E-state index contributed by atoms with van der Waals surface area (Å²) in [6.45, 7) is 2.59. The molecule has 0 spiro atoms. The lowest BCUT2D eigenvalue weighted by Gasteiger charge is -2.38. The number of hydrogen-bond donors (Lipinski definition) is 2. The molecular formula is C12H25NO3S. The molecule has 0 amide bonds. The first-order valence-electron chi connectivity index (χ1n) is 6.33. The summed E-state index contributed by atoms with van der Waals surface area (Å²) in [5, 5.41) is 13.2. The third-order valence-electron chi connectivity index (χ3n) is 3.99. The highest BCUT2D eigenvalue weighted by atomic mass is 32.2. The second-order valence-corrected chi connectivity index (χ2v) is 7.85. The quantitative estimate of drug-likeness (QED) is 0.775. The molecule has 1 aliphatic carbocycles. The maximum atomic E-state index is 11.6. The van der Waals surface area contributed by atoms with Crippen LogP contribution in [-0.2, 0) is 9.84 Å². The summed E-state index contributed by atoms with van der Waals surface area (Å²) >= 11 is 0.